The zero-order chi connectivity index (χ0) is 22.3. The molecule has 164 valence electrons. The number of nitrogens with zero attached hydrogens (tertiary/aromatic N) is 5. The number of aryl methyl sites for hydroxylation is 1. The van der Waals surface area contributed by atoms with Crippen LogP contribution < -0.4 is 10.5 Å². The lowest BCUT2D eigenvalue weighted by Gasteiger charge is -2.10. The lowest BCUT2D eigenvalue weighted by molar-refractivity contribution is -0.274. The highest BCUT2D eigenvalue weighted by molar-refractivity contribution is 7.15. The van der Waals surface area contributed by atoms with Gasteiger partial charge in [-0.2, -0.15) is 10.1 Å². The number of amidine groups is 1. The molecule has 0 spiro atoms. The molecule has 2 N–H and O–H groups in total. The maximum Gasteiger partial charge on any atom is 0.573 e. The van der Waals surface area contributed by atoms with Crippen LogP contribution in [0.1, 0.15) is 29.8 Å². The van der Waals surface area contributed by atoms with E-state index in [4.69, 9.17) is 5.73 Å². The molecule has 1 aliphatic heterocycles. The van der Waals surface area contributed by atoms with Crippen LogP contribution in [-0.2, 0) is 17.6 Å². The summed E-state index contributed by atoms with van der Waals surface area (Å²) in [6.45, 7) is 0. The van der Waals surface area contributed by atoms with E-state index in [0.717, 1.165) is 42.8 Å². The molecule has 8 nitrogen and oxygen atoms in total. The number of carbonyl (C=O) groups excluding carboxylic acids is 1. The molecule has 1 unspecified atom stereocenters. The van der Waals surface area contributed by atoms with Gasteiger partial charge in [0.1, 0.15) is 10.8 Å². The number of azo groups is 1. The summed E-state index contributed by atoms with van der Waals surface area (Å²) in [6, 6.07) is 5.11. The predicted molar refractivity (Wildman–Crippen MR) is 109 cm³/mol. The molecule has 1 aromatic carbocycles. The van der Waals surface area contributed by atoms with Gasteiger partial charge >= 0.3 is 6.36 Å². The largest absolute Gasteiger partial charge is 0.573 e. The first-order valence-corrected chi connectivity index (χ1v) is 10.2. The van der Waals surface area contributed by atoms with Crippen LogP contribution in [0.3, 0.4) is 0 Å². The number of nitrogen functional groups attached to an aromatic ring is 1. The molecule has 2 heterocycles. The van der Waals surface area contributed by atoms with Gasteiger partial charge < -0.3 is 10.5 Å². The van der Waals surface area contributed by atoms with Gasteiger partial charge in [0.05, 0.1) is 12.5 Å². The van der Waals surface area contributed by atoms with E-state index in [0.29, 0.717) is 10.7 Å². The highest BCUT2D eigenvalue weighted by Crippen LogP contribution is 2.23. The second-order valence-electron chi connectivity index (χ2n) is 6.66. The lowest BCUT2D eigenvalue weighted by Crippen LogP contribution is -2.17. The Kier molecular flexibility index (Phi) is 7.45. The maximum absolute atomic E-state index is 12.3. The van der Waals surface area contributed by atoms with E-state index in [1.807, 2.05) is 6.08 Å². The number of unbranched alkanes of at least 4 members (excludes halogenated alkanes) is 1. The van der Waals surface area contributed by atoms with E-state index >= 15 is 0 Å². The van der Waals surface area contributed by atoms with E-state index in [-0.39, 0.29) is 24.0 Å². The summed E-state index contributed by atoms with van der Waals surface area (Å²) in [4.78, 5) is 16.0. The normalized spacial score (nSPS) is 17.3. The molecule has 3 rings (SSSR count). The summed E-state index contributed by atoms with van der Waals surface area (Å²) in [6.07, 6.45) is 1.89. The summed E-state index contributed by atoms with van der Waals surface area (Å²) in [5.41, 5.74) is 5.90. The van der Waals surface area contributed by atoms with Crippen LogP contribution in [0.2, 0.25) is 0 Å². The number of rotatable bonds is 8. The Labute approximate surface area is 179 Å². The molecule has 0 aliphatic carbocycles. The number of benzene rings is 1. The molecule has 0 fully saturated rings. The quantitative estimate of drug-likeness (QED) is 0.600. The molecule has 0 saturated carbocycles. The number of halogens is 3. The van der Waals surface area contributed by atoms with Crippen molar-refractivity contribution in [3.8, 4) is 5.75 Å². The number of amides is 1. The van der Waals surface area contributed by atoms with Crippen molar-refractivity contribution < 1.29 is 22.7 Å². The summed E-state index contributed by atoms with van der Waals surface area (Å²) in [5, 5.41) is 17.2. The molecule has 1 aliphatic rings. The average Bonchev–Trinajstić information content (AvgIpc) is 3.10. The Morgan fingerprint density at radius 2 is 2.10 bits per heavy atom. The van der Waals surface area contributed by atoms with E-state index in [9.17, 15) is 18.0 Å². The fourth-order valence-electron chi connectivity index (χ4n) is 2.81. The van der Waals surface area contributed by atoms with Gasteiger partial charge in [-0.25, -0.2) is 0 Å². The number of anilines is 1. The van der Waals surface area contributed by atoms with Crippen molar-refractivity contribution >= 4 is 28.2 Å². The van der Waals surface area contributed by atoms with Crippen LogP contribution in [0.4, 0.5) is 18.3 Å². The molecule has 0 bridgehead atoms. The number of aromatic nitrogens is 2. The van der Waals surface area contributed by atoms with Crippen molar-refractivity contribution in [2.75, 3.05) is 5.73 Å². The Hall–Kier alpha value is -3.15. The molecule has 1 aromatic heterocycles. The SMILES string of the molecule is Nc1nnc(CCCCC2C=CC(=NC(=O)Cc3cccc(OC(F)(F)F)c3)N=N2)s1. The van der Waals surface area contributed by atoms with Crippen molar-refractivity contribution in [3.63, 3.8) is 0 Å². The van der Waals surface area contributed by atoms with Crippen LogP contribution in [0, 0.1) is 0 Å². The van der Waals surface area contributed by atoms with E-state index in [1.165, 1.54) is 23.5 Å². The van der Waals surface area contributed by atoms with Gasteiger partial charge in [-0.05, 0) is 36.6 Å². The summed E-state index contributed by atoms with van der Waals surface area (Å²) in [7, 11) is 0. The molecular formula is C19H19F3N6O2S. The summed E-state index contributed by atoms with van der Waals surface area (Å²) < 4.78 is 40.8. The third kappa shape index (κ3) is 7.89. The predicted octanol–water partition coefficient (Wildman–Crippen LogP) is 4.29. The molecule has 2 aromatic rings. The molecule has 12 heteroatoms. The Morgan fingerprint density at radius 3 is 2.77 bits per heavy atom. The number of carbonyl (C=O) groups is 1. The van der Waals surface area contributed by atoms with Crippen LogP contribution >= 0.6 is 11.3 Å². The molecular weight excluding hydrogens is 433 g/mol. The Balaban J connectivity index is 1.44. The number of ether oxygens (including phenoxy) is 1. The fourth-order valence-corrected chi connectivity index (χ4v) is 3.46. The van der Waals surface area contributed by atoms with E-state index < -0.39 is 12.3 Å². The highest BCUT2D eigenvalue weighted by atomic mass is 32.1. The summed E-state index contributed by atoms with van der Waals surface area (Å²) >= 11 is 1.38. The number of hydrogen-bond donors (Lipinski definition) is 1. The first kappa shape index (κ1) is 22.5. The van der Waals surface area contributed by atoms with Crippen molar-refractivity contribution in [1.29, 1.82) is 0 Å². The Morgan fingerprint density at radius 1 is 1.26 bits per heavy atom. The zero-order valence-corrected chi connectivity index (χ0v) is 17.1. The third-order valence-corrected chi connectivity index (χ3v) is 4.94. The van der Waals surface area contributed by atoms with Gasteiger partial charge in [0.2, 0.25) is 5.13 Å². The maximum atomic E-state index is 12.3. The Bertz CT molecular complexity index is 987. The number of nitrogens with two attached hydrogens (primary N) is 1. The monoisotopic (exact) mass is 452 g/mol. The van der Waals surface area contributed by atoms with E-state index in [2.05, 4.69) is 30.2 Å². The van der Waals surface area contributed by atoms with Crippen LogP contribution in [0.25, 0.3) is 0 Å². The topological polar surface area (TPSA) is 115 Å². The second kappa shape index (κ2) is 10.2. The van der Waals surface area contributed by atoms with Crippen LogP contribution in [0.15, 0.2) is 51.6 Å². The van der Waals surface area contributed by atoms with Crippen molar-refractivity contribution in [2.45, 2.75) is 44.5 Å². The minimum absolute atomic E-state index is 0.0928. The highest BCUT2D eigenvalue weighted by Gasteiger charge is 2.31. The van der Waals surface area contributed by atoms with Gasteiger partial charge in [0.25, 0.3) is 5.91 Å². The van der Waals surface area contributed by atoms with Gasteiger partial charge in [-0.1, -0.05) is 36.0 Å². The van der Waals surface area contributed by atoms with Gasteiger partial charge in [-0.15, -0.1) is 28.5 Å². The summed E-state index contributed by atoms with van der Waals surface area (Å²) in [5.74, 6) is -0.772. The van der Waals surface area contributed by atoms with Crippen LogP contribution in [0.5, 0.6) is 5.75 Å². The first-order chi connectivity index (χ1) is 14.8. The molecule has 31 heavy (non-hydrogen) atoms. The fraction of sp³-hybridized carbons (Fsp3) is 0.368. The van der Waals surface area contributed by atoms with Crippen molar-refractivity contribution in [2.24, 2.45) is 15.2 Å². The molecule has 0 saturated heterocycles. The first-order valence-electron chi connectivity index (χ1n) is 9.40. The standard InChI is InChI=1S/C19H19F3N6O2S/c20-19(21,22)30-14-6-3-4-12(10-14)11-16(29)24-15-9-8-13(25-26-15)5-1-2-7-17-27-28-18(23)31-17/h3-4,6,8-10,13H,1-2,5,7,11H2,(H2,23,28). The smallest absolute Gasteiger partial charge is 0.406 e. The minimum atomic E-state index is -4.79. The van der Waals surface area contributed by atoms with Crippen LogP contribution in [-0.4, -0.2) is 34.3 Å². The van der Waals surface area contributed by atoms with Gasteiger partial charge in [-0.3, -0.25) is 4.79 Å². The third-order valence-electron chi connectivity index (χ3n) is 4.13. The minimum Gasteiger partial charge on any atom is -0.406 e. The molecule has 0 radical (unpaired) electrons. The molecule has 1 amide bonds. The lowest BCUT2D eigenvalue weighted by atomic mass is 10.1. The average molecular weight is 452 g/mol. The number of aliphatic imine (C=N–C) groups is 1. The van der Waals surface area contributed by atoms with Crippen molar-refractivity contribution in [1.82, 2.24) is 10.2 Å². The van der Waals surface area contributed by atoms with E-state index in [1.54, 1.807) is 6.08 Å². The van der Waals surface area contributed by atoms with Gasteiger partial charge in [0.15, 0.2) is 5.84 Å². The van der Waals surface area contributed by atoms with Crippen molar-refractivity contribution in [3.05, 3.63) is 47.0 Å². The zero-order valence-electron chi connectivity index (χ0n) is 16.2. The van der Waals surface area contributed by atoms with Gasteiger partial charge in [0, 0.05) is 6.42 Å². The number of alkyl halides is 3. The number of hydrogen-bond acceptors (Lipinski definition) is 7. The molecule has 1 atom stereocenters. The second-order valence-corrected chi connectivity index (χ2v) is 7.75.